The number of nitrogens with one attached hydrogen (secondary N) is 1. The van der Waals surface area contributed by atoms with Crippen LogP contribution in [0.3, 0.4) is 0 Å². The first kappa shape index (κ1) is 14.8. The largest absolute Gasteiger partial charge is 0.348 e. The van der Waals surface area contributed by atoms with Gasteiger partial charge < -0.3 is 10.2 Å². The number of anilines is 1. The maximum atomic E-state index is 4.93. The van der Waals surface area contributed by atoms with Crippen LogP contribution in [0.2, 0.25) is 0 Å². The van der Waals surface area contributed by atoms with E-state index in [1.165, 1.54) is 48.1 Å². The minimum absolute atomic E-state index is 0.677. The lowest BCUT2D eigenvalue weighted by molar-refractivity contribution is 0.574. The Balaban J connectivity index is 2.12. The minimum atomic E-state index is 0.677. The number of aromatic nitrogens is 1. The van der Waals surface area contributed by atoms with Gasteiger partial charge in [-0.3, -0.25) is 0 Å². The van der Waals surface area contributed by atoms with E-state index in [-0.39, 0.29) is 0 Å². The molecule has 0 atom stereocenters. The number of hydrogen-bond donors (Lipinski definition) is 1. The van der Waals surface area contributed by atoms with E-state index in [2.05, 4.69) is 31.0 Å². The van der Waals surface area contributed by atoms with E-state index in [1.807, 2.05) is 11.3 Å². The summed E-state index contributed by atoms with van der Waals surface area (Å²) in [4.78, 5) is 8.85. The fraction of sp³-hybridized carbons (Fsp3) is 0.800. The van der Waals surface area contributed by atoms with Crippen LogP contribution in [0.4, 0.5) is 5.13 Å². The van der Waals surface area contributed by atoms with Gasteiger partial charge in [0.2, 0.25) is 0 Å². The van der Waals surface area contributed by atoms with Crippen molar-refractivity contribution in [2.45, 2.75) is 53.0 Å². The lowest BCUT2D eigenvalue weighted by atomic mass is 10.1. The molecular formula is C15H27N3S. The first-order valence-corrected chi connectivity index (χ1v) is 8.46. The van der Waals surface area contributed by atoms with E-state index >= 15 is 0 Å². The molecule has 0 radical (unpaired) electrons. The van der Waals surface area contributed by atoms with Crippen LogP contribution in [0.25, 0.3) is 0 Å². The zero-order valence-corrected chi connectivity index (χ0v) is 13.4. The Labute approximate surface area is 121 Å². The molecule has 1 aromatic heterocycles. The normalized spacial score (nSPS) is 16.3. The van der Waals surface area contributed by atoms with Gasteiger partial charge in [0, 0.05) is 24.5 Å². The number of rotatable bonds is 6. The van der Waals surface area contributed by atoms with Crippen molar-refractivity contribution in [3.05, 3.63) is 10.6 Å². The Bertz CT molecular complexity index is 381. The standard InChI is InChI=1S/C15H27N3S/c1-4-16-11-14-13(10-12(2)3)17-15(19-14)18-8-6-5-7-9-18/h12,16H,4-11H2,1-3H3. The summed E-state index contributed by atoms with van der Waals surface area (Å²) in [5.41, 5.74) is 1.32. The van der Waals surface area contributed by atoms with E-state index in [0.29, 0.717) is 5.92 Å². The first-order chi connectivity index (χ1) is 9.20. The predicted octanol–water partition coefficient (Wildman–Crippen LogP) is 3.44. The average molecular weight is 281 g/mol. The highest BCUT2D eigenvalue weighted by atomic mass is 32.1. The molecule has 0 aromatic carbocycles. The molecule has 108 valence electrons. The third kappa shape index (κ3) is 4.18. The molecule has 2 rings (SSSR count). The third-order valence-electron chi connectivity index (χ3n) is 3.53. The highest BCUT2D eigenvalue weighted by molar-refractivity contribution is 7.15. The van der Waals surface area contributed by atoms with Crippen molar-refractivity contribution in [3.8, 4) is 0 Å². The van der Waals surface area contributed by atoms with Crippen LogP contribution in [-0.2, 0) is 13.0 Å². The maximum absolute atomic E-state index is 4.93. The summed E-state index contributed by atoms with van der Waals surface area (Å²) in [6, 6.07) is 0. The van der Waals surface area contributed by atoms with E-state index in [4.69, 9.17) is 4.98 Å². The monoisotopic (exact) mass is 281 g/mol. The van der Waals surface area contributed by atoms with Crippen molar-refractivity contribution in [1.82, 2.24) is 10.3 Å². The van der Waals surface area contributed by atoms with Gasteiger partial charge in [0.15, 0.2) is 5.13 Å². The Morgan fingerprint density at radius 1 is 1.26 bits per heavy atom. The van der Waals surface area contributed by atoms with Crippen molar-refractivity contribution in [1.29, 1.82) is 0 Å². The van der Waals surface area contributed by atoms with Crippen LogP contribution in [-0.4, -0.2) is 24.6 Å². The number of piperidine rings is 1. The summed E-state index contributed by atoms with van der Waals surface area (Å²) in [5, 5.41) is 4.70. The highest BCUT2D eigenvalue weighted by Gasteiger charge is 2.18. The molecule has 0 unspecified atom stereocenters. The summed E-state index contributed by atoms with van der Waals surface area (Å²) in [7, 11) is 0. The molecule has 1 aliphatic rings. The van der Waals surface area contributed by atoms with Crippen molar-refractivity contribution in [2.75, 3.05) is 24.5 Å². The van der Waals surface area contributed by atoms with Gasteiger partial charge in [-0.2, -0.15) is 0 Å². The molecule has 0 saturated carbocycles. The Morgan fingerprint density at radius 3 is 2.63 bits per heavy atom. The highest BCUT2D eigenvalue weighted by Crippen LogP contribution is 2.29. The van der Waals surface area contributed by atoms with Crippen molar-refractivity contribution >= 4 is 16.5 Å². The summed E-state index contributed by atoms with van der Waals surface area (Å²) in [5.74, 6) is 0.677. The molecule has 1 aromatic rings. The van der Waals surface area contributed by atoms with Gasteiger partial charge in [0.05, 0.1) is 5.69 Å². The fourth-order valence-corrected chi connectivity index (χ4v) is 3.62. The molecule has 0 aliphatic carbocycles. The van der Waals surface area contributed by atoms with Crippen molar-refractivity contribution < 1.29 is 0 Å². The number of hydrogen-bond acceptors (Lipinski definition) is 4. The molecule has 2 heterocycles. The number of thiazole rings is 1. The summed E-state index contributed by atoms with van der Waals surface area (Å²) in [6.07, 6.45) is 5.12. The Kier molecular flexibility index (Phi) is 5.64. The molecule has 1 N–H and O–H groups in total. The Morgan fingerprint density at radius 2 is 2.00 bits per heavy atom. The molecule has 0 bridgehead atoms. The predicted molar refractivity (Wildman–Crippen MR) is 84.1 cm³/mol. The van der Waals surface area contributed by atoms with Gasteiger partial charge in [0.25, 0.3) is 0 Å². The van der Waals surface area contributed by atoms with Crippen LogP contribution < -0.4 is 10.2 Å². The van der Waals surface area contributed by atoms with E-state index in [9.17, 15) is 0 Å². The maximum Gasteiger partial charge on any atom is 0.185 e. The average Bonchev–Trinajstić information content (AvgIpc) is 2.80. The zero-order chi connectivity index (χ0) is 13.7. The van der Waals surface area contributed by atoms with E-state index in [0.717, 1.165) is 19.5 Å². The van der Waals surface area contributed by atoms with Gasteiger partial charge in [-0.1, -0.05) is 20.8 Å². The fourth-order valence-electron chi connectivity index (χ4n) is 2.51. The molecule has 1 aliphatic heterocycles. The molecule has 0 spiro atoms. The van der Waals surface area contributed by atoms with Crippen LogP contribution in [0, 0.1) is 5.92 Å². The second kappa shape index (κ2) is 7.25. The third-order valence-corrected chi connectivity index (χ3v) is 4.69. The van der Waals surface area contributed by atoms with Gasteiger partial charge in [-0.15, -0.1) is 11.3 Å². The zero-order valence-electron chi connectivity index (χ0n) is 12.5. The van der Waals surface area contributed by atoms with Crippen LogP contribution in [0.5, 0.6) is 0 Å². The van der Waals surface area contributed by atoms with Crippen LogP contribution in [0.1, 0.15) is 50.6 Å². The van der Waals surface area contributed by atoms with Crippen LogP contribution in [0.15, 0.2) is 0 Å². The molecule has 1 saturated heterocycles. The van der Waals surface area contributed by atoms with E-state index < -0.39 is 0 Å². The quantitative estimate of drug-likeness (QED) is 0.866. The summed E-state index contributed by atoms with van der Waals surface area (Å²) >= 11 is 1.90. The minimum Gasteiger partial charge on any atom is -0.348 e. The van der Waals surface area contributed by atoms with E-state index in [1.54, 1.807) is 0 Å². The van der Waals surface area contributed by atoms with Gasteiger partial charge >= 0.3 is 0 Å². The first-order valence-electron chi connectivity index (χ1n) is 7.65. The van der Waals surface area contributed by atoms with Crippen molar-refractivity contribution in [2.24, 2.45) is 5.92 Å². The molecule has 19 heavy (non-hydrogen) atoms. The topological polar surface area (TPSA) is 28.2 Å². The molecule has 0 amide bonds. The molecule has 4 heteroatoms. The van der Waals surface area contributed by atoms with Crippen LogP contribution >= 0.6 is 11.3 Å². The van der Waals surface area contributed by atoms with Gasteiger partial charge in [-0.25, -0.2) is 4.98 Å². The second-order valence-corrected chi connectivity index (χ2v) is 6.85. The Hall–Kier alpha value is -0.610. The molecular weight excluding hydrogens is 254 g/mol. The lowest BCUT2D eigenvalue weighted by Gasteiger charge is -2.25. The summed E-state index contributed by atoms with van der Waals surface area (Å²) < 4.78 is 0. The van der Waals surface area contributed by atoms with Gasteiger partial charge in [0.1, 0.15) is 0 Å². The smallest absolute Gasteiger partial charge is 0.185 e. The molecule has 1 fully saturated rings. The van der Waals surface area contributed by atoms with Crippen molar-refractivity contribution in [3.63, 3.8) is 0 Å². The second-order valence-electron chi connectivity index (χ2n) is 5.79. The SMILES string of the molecule is CCNCc1sc(N2CCCCC2)nc1CC(C)C. The lowest BCUT2D eigenvalue weighted by Crippen LogP contribution is -2.29. The molecule has 3 nitrogen and oxygen atoms in total. The van der Waals surface area contributed by atoms with Gasteiger partial charge in [-0.05, 0) is 38.1 Å². The number of nitrogens with zero attached hydrogens (tertiary/aromatic N) is 2. The summed E-state index contributed by atoms with van der Waals surface area (Å²) in [6.45, 7) is 11.1.